The van der Waals surface area contributed by atoms with Crippen LogP contribution in [0.1, 0.15) is 104 Å². The molecular formula is C19H36O2. The smallest absolute Gasteiger partial charge is 0.309 e. The zero-order valence-corrected chi connectivity index (χ0v) is 14.6. The zero-order valence-electron chi connectivity index (χ0n) is 14.6. The van der Waals surface area contributed by atoms with Crippen LogP contribution in [0.4, 0.5) is 0 Å². The Bertz CT molecular complexity index is 271. The molecule has 2 nitrogen and oxygen atoms in total. The van der Waals surface area contributed by atoms with Crippen LogP contribution in [0.5, 0.6) is 0 Å². The third kappa shape index (κ3) is 6.84. The molecule has 0 aliphatic carbocycles. The Morgan fingerprint density at radius 1 is 0.905 bits per heavy atom. The van der Waals surface area contributed by atoms with Crippen LogP contribution in [-0.4, -0.2) is 11.6 Å². The number of carbonyl (C=O) groups is 1. The molecule has 1 saturated heterocycles. The van der Waals surface area contributed by atoms with Gasteiger partial charge in [0.25, 0.3) is 0 Å². The molecule has 1 heterocycles. The fraction of sp³-hybridized carbons (Fsp3) is 0.947. The number of rotatable bonds is 12. The Balaban J connectivity index is 2.35. The van der Waals surface area contributed by atoms with Gasteiger partial charge in [-0.2, -0.15) is 0 Å². The molecule has 0 radical (unpaired) electrons. The molecule has 1 fully saturated rings. The fourth-order valence-electron chi connectivity index (χ4n) is 3.53. The van der Waals surface area contributed by atoms with Gasteiger partial charge in [-0.15, -0.1) is 0 Å². The molecule has 0 spiro atoms. The quantitative estimate of drug-likeness (QED) is 0.325. The molecule has 1 unspecified atom stereocenters. The summed E-state index contributed by atoms with van der Waals surface area (Å²) in [6, 6.07) is 0. The van der Waals surface area contributed by atoms with Crippen molar-refractivity contribution in [3.8, 4) is 0 Å². The maximum Gasteiger partial charge on any atom is 0.309 e. The van der Waals surface area contributed by atoms with Gasteiger partial charge < -0.3 is 4.74 Å². The lowest BCUT2D eigenvalue weighted by atomic mass is 9.85. The second-order valence-electron chi connectivity index (χ2n) is 7.04. The van der Waals surface area contributed by atoms with E-state index < -0.39 is 0 Å². The average Bonchev–Trinajstić information content (AvgIpc) is 2.74. The summed E-state index contributed by atoms with van der Waals surface area (Å²) in [5, 5.41) is 0. The molecule has 0 aromatic heterocycles. The molecule has 2 heteroatoms. The summed E-state index contributed by atoms with van der Waals surface area (Å²) in [6.45, 7) is 6.52. The van der Waals surface area contributed by atoms with Gasteiger partial charge in [-0.25, -0.2) is 0 Å². The van der Waals surface area contributed by atoms with E-state index in [9.17, 15) is 4.79 Å². The van der Waals surface area contributed by atoms with Gasteiger partial charge in [-0.3, -0.25) is 4.79 Å². The molecule has 0 N–H and O–H groups in total. The lowest BCUT2D eigenvalue weighted by Crippen LogP contribution is -2.28. The van der Waals surface area contributed by atoms with Crippen molar-refractivity contribution in [2.45, 2.75) is 110 Å². The maximum atomic E-state index is 11.8. The summed E-state index contributed by atoms with van der Waals surface area (Å²) in [5.41, 5.74) is -0.116. The second kappa shape index (κ2) is 10.2. The summed E-state index contributed by atoms with van der Waals surface area (Å²) in [5.74, 6) is 0.147. The first-order chi connectivity index (χ1) is 10.1. The minimum absolute atomic E-state index is 0.0390. The number of hydrogen-bond donors (Lipinski definition) is 0. The third-order valence-electron chi connectivity index (χ3n) is 4.87. The van der Waals surface area contributed by atoms with Gasteiger partial charge in [0.15, 0.2) is 0 Å². The van der Waals surface area contributed by atoms with Crippen LogP contribution in [0.3, 0.4) is 0 Å². The van der Waals surface area contributed by atoms with E-state index in [1.165, 1.54) is 64.2 Å². The number of carbonyl (C=O) groups excluding carboxylic acids is 1. The van der Waals surface area contributed by atoms with Gasteiger partial charge >= 0.3 is 5.97 Å². The SMILES string of the molecule is CCCCCCCC1(CCCCCCC)CC(C)C(=O)O1. The van der Waals surface area contributed by atoms with Crippen LogP contribution in [0.25, 0.3) is 0 Å². The number of hydrogen-bond acceptors (Lipinski definition) is 2. The lowest BCUT2D eigenvalue weighted by Gasteiger charge is -2.28. The number of ether oxygens (including phenoxy) is 1. The highest BCUT2D eigenvalue weighted by Gasteiger charge is 2.43. The number of cyclic esters (lactones) is 1. The Morgan fingerprint density at radius 3 is 1.76 bits per heavy atom. The fourth-order valence-corrected chi connectivity index (χ4v) is 3.53. The molecule has 0 amide bonds. The number of unbranched alkanes of at least 4 members (excludes halogenated alkanes) is 8. The summed E-state index contributed by atoms with van der Waals surface area (Å²) < 4.78 is 5.84. The molecule has 1 atom stereocenters. The van der Waals surface area contributed by atoms with Crippen molar-refractivity contribution < 1.29 is 9.53 Å². The topological polar surface area (TPSA) is 26.3 Å². The van der Waals surface area contributed by atoms with Crippen LogP contribution in [0.2, 0.25) is 0 Å². The molecule has 1 aliphatic rings. The van der Waals surface area contributed by atoms with Gasteiger partial charge in [0.2, 0.25) is 0 Å². The molecule has 124 valence electrons. The van der Waals surface area contributed by atoms with Crippen molar-refractivity contribution >= 4 is 5.97 Å². The summed E-state index contributed by atoms with van der Waals surface area (Å²) in [4.78, 5) is 11.8. The highest BCUT2D eigenvalue weighted by Crippen LogP contribution is 2.39. The Hall–Kier alpha value is -0.530. The van der Waals surface area contributed by atoms with E-state index in [-0.39, 0.29) is 17.5 Å². The van der Waals surface area contributed by atoms with Gasteiger partial charge in [0, 0.05) is 6.42 Å². The minimum atomic E-state index is -0.116. The van der Waals surface area contributed by atoms with Crippen LogP contribution >= 0.6 is 0 Å². The van der Waals surface area contributed by atoms with Crippen LogP contribution in [0.15, 0.2) is 0 Å². The third-order valence-corrected chi connectivity index (χ3v) is 4.87. The largest absolute Gasteiger partial charge is 0.459 e. The van der Waals surface area contributed by atoms with Crippen LogP contribution < -0.4 is 0 Å². The molecular weight excluding hydrogens is 260 g/mol. The van der Waals surface area contributed by atoms with Gasteiger partial charge in [-0.05, 0) is 25.7 Å². The molecule has 1 aliphatic heterocycles. The minimum Gasteiger partial charge on any atom is -0.459 e. The predicted molar refractivity (Wildman–Crippen MR) is 89.4 cm³/mol. The van der Waals surface area contributed by atoms with E-state index in [1.807, 2.05) is 6.92 Å². The van der Waals surface area contributed by atoms with E-state index in [2.05, 4.69) is 13.8 Å². The molecule has 21 heavy (non-hydrogen) atoms. The predicted octanol–water partition coefficient (Wildman–Crippen LogP) is 6.03. The first-order valence-corrected chi connectivity index (χ1v) is 9.36. The van der Waals surface area contributed by atoms with Crippen molar-refractivity contribution in [3.05, 3.63) is 0 Å². The monoisotopic (exact) mass is 296 g/mol. The Morgan fingerprint density at radius 2 is 1.38 bits per heavy atom. The van der Waals surface area contributed by atoms with Crippen molar-refractivity contribution in [2.24, 2.45) is 5.92 Å². The van der Waals surface area contributed by atoms with E-state index in [0.29, 0.717) is 0 Å². The molecule has 0 saturated carbocycles. The molecule has 0 aromatic rings. The van der Waals surface area contributed by atoms with Gasteiger partial charge in [0.1, 0.15) is 5.60 Å². The summed E-state index contributed by atoms with van der Waals surface area (Å²) in [6.07, 6.45) is 16.0. The average molecular weight is 296 g/mol. The lowest BCUT2D eigenvalue weighted by molar-refractivity contribution is -0.151. The number of esters is 1. The summed E-state index contributed by atoms with van der Waals surface area (Å²) >= 11 is 0. The van der Waals surface area contributed by atoms with E-state index in [0.717, 1.165) is 19.3 Å². The maximum absolute atomic E-state index is 11.8. The Kier molecular flexibility index (Phi) is 9.03. The first-order valence-electron chi connectivity index (χ1n) is 9.36. The summed E-state index contributed by atoms with van der Waals surface area (Å²) in [7, 11) is 0. The highest BCUT2D eigenvalue weighted by atomic mass is 16.6. The molecule has 1 rings (SSSR count). The van der Waals surface area contributed by atoms with Crippen molar-refractivity contribution in [1.29, 1.82) is 0 Å². The first kappa shape index (κ1) is 18.5. The Labute approximate surface area is 132 Å². The van der Waals surface area contributed by atoms with Crippen LogP contribution in [0, 0.1) is 5.92 Å². The second-order valence-corrected chi connectivity index (χ2v) is 7.04. The van der Waals surface area contributed by atoms with Crippen LogP contribution in [-0.2, 0) is 9.53 Å². The van der Waals surface area contributed by atoms with E-state index >= 15 is 0 Å². The van der Waals surface area contributed by atoms with Gasteiger partial charge in [0.05, 0.1) is 5.92 Å². The van der Waals surface area contributed by atoms with Crippen molar-refractivity contribution in [2.75, 3.05) is 0 Å². The normalized spacial score (nSPS) is 20.7. The zero-order chi connectivity index (χ0) is 15.6. The standard InChI is InChI=1S/C19H36O2/c1-4-6-8-10-12-14-19(15-13-11-9-7-5-2)16-17(3)18(20)21-19/h17H,4-16H2,1-3H3. The molecule has 0 bridgehead atoms. The van der Waals surface area contributed by atoms with Crippen molar-refractivity contribution in [1.82, 2.24) is 0 Å². The van der Waals surface area contributed by atoms with E-state index in [1.54, 1.807) is 0 Å². The van der Waals surface area contributed by atoms with Crippen molar-refractivity contribution in [3.63, 3.8) is 0 Å². The highest BCUT2D eigenvalue weighted by molar-refractivity contribution is 5.74. The van der Waals surface area contributed by atoms with E-state index in [4.69, 9.17) is 4.74 Å². The molecule has 0 aromatic carbocycles. The van der Waals surface area contributed by atoms with Gasteiger partial charge in [-0.1, -0.05) is 72.1 Å².